The molecule has 0 atom stereocenters. The van der Waals surface area contributed by atoms with Gasteiger partial charge < -0.3 is 4.57 Å². The second kappa shape index (κ2) is 11.8. The van der Waals surface area contributed by atoms with Crippen molar-refractivity contribution in [1.29, 1.82) is 0 Å². The Hall–Kier alpha value is -5.87. The van der Waals surface area contributed by atoms with Crippen molar-refractivity contribution >= 4 is 22.8 Å². The highest BCUT2D eigenvalue weighted by Crippen LogP contribution is 2.41. The zero-order valence-corrected chi connectivity index (χ0v) is 24.0. The molecule has 5 aromatic carbocycles. The molecule has 0 spiro atoms. The van der Waals surface area contributed by atoms with Crippen molar-refractivity contribution in [2.45, 2.75) is 5.54 Å². The average molecular weight is 568 g/mol. The van der Waals surface area contributed by atoms with Gasteiger partial charge in [0.1, 0.15) is 5.54 Å². The van der Waals surface area contributed by atoms with Crippen LogP contribution in [0.15, 0.2) is 170 Å². The van der Waals surface area contributed by atoms with E-state index in [1.54, 1.807) is 12.3 Å². The van der Waals surface area contributed by atoms with Gasteiger partial charge in [-0.1, -0.05) is 140 Å². The molecule has 0 saturated carbocycles. The third-order valence-corrected chi connectivity index (χ3v) is 8.07. The monoisotopic (exact) mass is 567 g/mol. The number of nitrogens with zero attached hydrogens (tertiary/aromatic N) is 3. The first-order valence-electron chi connectivity index (χ1n) is 14.6. The van der Waals surface area contributed by atoms with Gasteiger partial charge in [0.05, 0.1) is 17.5 Å². The molecule has 0 N–H and O–H groups in total. The molecule has 0 aliphatic rings. The van der Waals surface area contributed by atoms with Crippen molar-refractivity contribution in [3.8, 4) is 11.3 Å². The molecule has 4 nitrogen and oxygen atoms in total. The Kier molecular flexibility index (Phi) is 7.23. The molecule has 0 aliphatic carbocycles. The fourth-order valence-corrected chi connectivity index (χ4v) is 5.97. The van der Waals surface area contributed by atoms with Crippen LogP contribution in [0.3, 0.4) is 0 Å². The molecule has 0 bridgehead atoms. The topological polar surface area (TPSA) is 47.8 Å². The highest BCUT2D eigenvalue weighted by molar-refractivity contribution is 6.08. The molecule has 7 rings (SSSR count). The highest BCUT2D eigenvalue weighted by atomic mass is 16.1. The minimum atomic E-state index is -0.654. The Morgan fingerprint density at radius 1 is 0.636 bits per heavy atom. The lowest BCUT2D eigenvalue weighted by Gasteiger charge is -2.37. The molecule has 4 heteroatoms. The van der Waals surface area contributed by atoms with E-state index in [0.29, 0.717) is 5.56 Å². The van der Waals surface area contributed by atoms with Crippen molar-refractivity contribution in [3.63, 3.8) is 0 Å². The van der Waals surface area contributed by atoms with E-state index in [4.69, 9.17) is 4.98 Å². The summed E-state index contributed by atoms with van der Waals surface area (Å²) < 4.78 is 2.20. The van der Waals surface area contributed by atoms with E-state index in [1.165, 1.54) is 0 Å². The predicted molar refractivity (Wildman–Crippen MR) is 177 cm³/mol. The third kappa shape index (κ3) is 4.93. The zero-order valence-electron chi connectivity index (χ0n) is 24.0. The maximum atomic E-state index is 13.2. The van der Waals surface area contributed by atoms with E-state index in [1.807, 2.05) is 85.2 Å². The number of pyridine rings is 1. The summed E-state index contributed by atoms with van der Waals surface area (Å²) in [6.45, 7) is 0. The molecule has 0 fully saturated rings. The van der Waals surface area contributed by atoms with Crippen LogP contribution in [-0.2, 0) is 5.54 Å². The van der Waals surface area contributed by atoms with E-state index in [0.717, 1.165) is 44.4 Å². The molecule has 210 valence electrons. The molecule has 0 radical (unpaired) electrons. The van der Waals surface area contributed by atoms with Crippen molar-refractivity contribution in [3.05, 3.63) is 198 Å². The molecule has 0 aliphatic heterocycles. The number of imidazole rings is 1. The molecule has 44 heavy (non-hydrogen) atoms. The lowest BCUT2D eigenvalue weighted by Crippen LogP contribution is -2.36. The Balaban J connectivity index is 1.31. The van der Waals surface area contributed by atoms with E-state index >= 15 is 0 Å². The number of ketones is 1. The van der Waals surface area contributed by atoms with Crippen LogP contribution in [0, 0.1) is 0 Å². The van der Waals surface area contributed by atoms with E-state index in [-0.39, 0.29) is 5.78 Å². The Morgan fingerprint density at radius 2 is 1.20 bits per heavy atom. The number of rotatable bonds is 8. The largest absolute Gasteiger partial charge is 0.318 e. The fourth-order valence-electron chi connectivity index (χ4n) is 5.97. The van der Waals surface area contributed by atoms with Crippen LogP contribution in [0.4, 0.5) is 0 Å². The Morgan fingerprint density at radius 3 is 1.86 bits per heavy atom. The van der Waals surface area contributed by atoms with Gasteiger partial charge in [-0.3, -0.25) is 9.78 Å². The maximum absolute atomic E-state index is 13.2. The minimum absolute atomic E-state index is 0.0974. The number of carbonyl (C=O) groups excluding carboxylic acids is 1. The molecular formula is C40H29N3O. The van der Waals surface area contributed by atoms with Crippen LogP contribution in [0.25, 0.3) is 28.2 Å². The van der Waals surface area contributed by atoms with E-state index in [2.05, 4.69) is 88.5 Å². The smallest absolute Gasteiger partial charge is 0.187 e. The number of hydrogen-bond donors (Lipinski definition) is 0. The lowest BCUT2D eigenvalue weighted by atomic mass is 9.77. The van der Waals surface area contributed by atoms with Crippen LogP contribution in [0.5, 0.6) is 0 Å². The normalized spacial score (nSPS) is 11.6. The number of hydrogen-bond acceptors (Lipinski definition) is 3. The number of fused-ring (bicyclic) bond motifs is 1. The first-order valence-corrected chi connectivity index (χ1v) is 14.6. The summed E-state index contributed by atoms with van der Waals surface area (Å²) in [6.07, 6.45) is 9.14. The summed E-state index contributed by atoms with van der Waals surface area (Å²) in [5.74, 6) is -0.0974. The van der Waals surface area contributed by atoms with Gasteiger partial charge in [-0.25, -0.2) is 4.98 Å². The SMILES string of the molecule is O=C(C=Cc1ccccc1-c1cn(C(c2ccccc2)(c2ccccc2)c2ccccc2)cn1)c1cnc2ccccc2c1. The van der Waals surface area contributed by atoms with Crippen molar-refractivity contribution in [2.24, 2.45) is 0 Å². The average Bonchev–Trinajstić information content (AvgIpc) is 3.59. The number of allylic oxidation sites excluding steroid dienone is 1. The summed E-state index contributed by atoms with van der Waals surface area (Å²) in [5, 5.41) is 0.941. The lowest BCUT2D eigenvalue weighted by molar-refractivity contribution is 0.104. The highest BCUT2D eigenvalue weighted by Gasteiger charge is 2.38. The summed E-state index contributed by atoms with van der Waals surface area (Å²) in [5.41, 5.74) is 6.82. The van der Waals surface area contributed by atoms with Crippen molar-refractivity contribution in [2.75, 3.05) is 0 Å². The van der Waals surface area contributed by atoms with Crippen LogP contribution in [0.2, 0.25) is 0 Å². The number of benzene rings is 5. The van der Waals surface area contributed by atoms with Gasteiger partial charge in [0.2, 0.25) is 0 Å². The second-order valence-corrected chi connectivity index (χ2v) is 10.7. The number of para-hydroxylation sites is 1. The van der Waals surface area contributed by atoms with Gasteiger partial charge in [0.15, 0.2) is 5.78 Å². The molecular weight excluding hydrogens is 538 g/mol. The van der Waals surface area contributed by atoms with Crippen LogP contribution in [0.1, 0.15) is 32.6 Å². The Bertz CT molecular complexity index is 1980. The molecule has 0 amide bonds. The van der Waals surface area contributed by atoms with E-state index < -0.39 is 5.54 Å². The van der Waals surface area contributed by atoms with Crippen molar-refractivity contribution in [1.82, 2.24) is 14.5 Å². The first-order chi connectivity index (χ1) is 21.7. The standard InChI is InChI=1S/C40H29N3O/c44-39(32-26-31-15-11-13-23-37(31)41-27-32)25-24-30-14-10-12-22-36(30)38-28-43(29-42-38)40(33-16-4-1-5-17-33,34-18-6-2-7-19-34)35-20-8-3-9-21-35/h1-29H. The second-order valence-electron chi connectivity index (χ2n) is 10.7. The molecule has 0 saturated heterocycles. The van der Waals surface area contributed by atoms with Gasteiger partial charge in [-0.2, -0.15) is 0 Å². The van der Waals surface area contributed by atoms with Crippen LogP contribution in [-0.4, -0.2) is 20.3 Å². The van der Waals surface area contributed by atoms with Gasteiger partial charge in [-0.15, -0.1) is 0 Å². The van der Waals surface area contributed by atoms with E-state index in [9.17, 15) is 4.79 Å². The van der Waals surface area contributed by atoms with Gasteiger partial charge in [0, 0.05) is 28.9 Å². The minimum Gasteiger partial charge on any atom is -0.318 e. The van der Waals surface area contributed by atoms with Gasteiger partial charge >= 0.3 is 0 Å². The molecule has 0 unspecified atom stereocenters. The predicted octanol–water partition coefficient (Wildman–Crippen LogP) is 8.83. The Labute approximate surface area is 256 Å². The maximum Gasteiger partial charge on any atom is 0.187 e. The zero-order chi connectivity index (χ0) is 29.8. The third-order valence-electron chi connectivity index (χ3n) is 8.07. The van der Waals surface area contributed by atoms with Gasteiger partial charge in [-0.05, 0) is 40.5 Å². The van der Waals surface area contributed by atoms with Crippen LogP contribution < -0.4 is 0 Å². The molecule has 2 aromatic heterocycles. The molecule has 7 aromatic rings. The number of carbonyl (C=O) groups is 1. The summed E-state index contributed by atoms with van der Waals surface area (Å²) in [7, 11) is 0. The van der Waals surface area contributed by atoms with Crippen molar-refractivity contribution < 1.29 is 4.79 Å². The quantitative estimate of drug-likeness (QED) is 0.105. The summed E-state index contributed by atoms with van der Waals surface area (Å²) in [6, 6.07) is 49.3. The summed E-state index contributed by atoms with van der Waals surface area (Å²) >= 11 is 0. The fraction of sp³-hybridized carbons (Fsp3) is 0.0250. The molecule has 2 heterocycles. The van der Waals surface area contributed by atoms with Gasteiger partial charge in [0.25, 0.3) is 0 Å². The number of aromatic nitrogens is 3. The first kappa shape index (κ1) is 27.0. The summed E-state index contributed by atoms with van der Waals surface area (Å²) in [4.78, 5) is 22.6. The van der Waals surface area contributed by atoms with Crippen LogP contribution >= 0.6 is 0 Å².